The van der Waals surface area contributed by atoms with Gasteiger partial charge in [0.25, 0.3) is 0 Å². The molecule has 2 aromatic rings. The monoisotopic (exact) mass is 354 g/mol. The Labute approximate surface area is 148 Å². The summed E-state index contributed by atoms with van der Waals surface area (Å²) in [5.41, 5.74) is 1.06. The number of carbonyl (C=O) groups is 1. The molecule has 1 aliphatic rings. The van der Waals surface area contributed by atoms with Crippen molar-refractivity contribution in [1.82, 2.24) is 5.06 Å². The number of hydrogen-bond donors (Lipinski definition) is 1. The number of aldehydes is 1. The van der Waals surface area contributed by atoms with Crippen molar-refractivity contribution in [3.05, 3.63) is 59.7 Å². The number of aliphatic imine (C=N–C) groups is 1. The van der Waals surface area contributed by atoms with Crippen LogP contribution in [0, 0.1) is 0 Å². The molecule has 0 amide bonds. The van der Waals surface area contributed by atoms with Gasteiger partial charge in [0.15, 0.2) is 0 Å². The molecule has 0 radical (unpaired) electrons. The van der Waals surface area contributed by atoms with E-state index in [-0.39, 0.29) is 28.1 Å². The van der Waals surface area contributed by atoms with Crippen LogP contribution in [-0.4, -0.2) is 33.5 Å². The minimum Gasteiger partial charge on any atom is -0.312 e. The first-order chi connectivity index (χ1) is 10.3. The largest absolute Gasteiger partial charge is 0.312 e. The Kier molecular flexibility index (Phi) is 6.11. The number of hydroxylamine groups is 2. The fourth-order valence-electron chi connectivity index (χ4n) is 2.15. The minimum atomic E-state index is -0.375. The Morgan fingerprint density at radius 1 is 1.04 bits per heavy atom. The van der Waals surface area contributed by atoms with E-state index in [1.54, 1.807) is 12.1 Å². The molecule has 0 unspecified atom stereocenters. The number of rotatable bonds is 2. The Morgan fingerprint density at radius 2 is 1.52 bits per heavy atom. The first kappa shape index (κ1) is 19.4. The van der Waals surface area contributed by atoms with Gasteiger partial charge in [-0.1, -0.05) is 11.1 Å². The maximum absolute atomic E-state index is 10.1. The van der Waals surface area contributed by atoms with Gasteiger partial charge in [-0.3, -0.25) is 10.2 Å². The van der Waals surface area contributed by atoms with E-state index in [9.17, 15) is 10.0 Å². The first-order valence-electron chi connectivity index (χ1n) is 7.27. The molecule has 0 spiro atoms. The molecular weight excluding hydrogens is 332 g/mol. The minimum absolute atomic E-state index is 0. The first-order valence-corrected chi connectivity index (χ1v) is 7.27. The second-order valence-electron chi connectivity index (χ2n) is 6.37. The molecule has 0 aromatic heterocycles. The summed E-state index contributed by atoms with van der Waals surface area (Å²) in [6, 6.07) is 15.0. The van der Waals surface area contributed by atoms with E-state index in [2.05, 4.69) is 4.99 Å². The molecular formula is C18H22FeN2O2-2. The van der Waals surface area contributed by atoms with Crippen LogP contribution in [-0.2, 0) is 17.1 Å². The van der Waals surface area contributed by atoms with Crippen molar-refractivity contribution in [3.8, 4) is 0 Å². The van der Waals surface area contributed by atoms with Gasteiger partial charge in [0.05, 0.1) is 23.2 Å². The summed E-state index contributed by atoms with van der Waals surface area (Å²) in [5, 5.41) is 11.4. The summed E-state index contributed by atoms with van der Waals surface area (Å²) >= 11 is 0. The summed E-state index contributed by atoms with van der Waals surface area (Å²) in [4.78, 5) is 14.5. The van der Waals surface area contributed by atoms with Gasteiger partial charge in [-0.05, 0) is 27.7 Å². The zero-order valence-corrected chi connectivity index (χ0v) is 14.9. The zero-order chi connectivity index (χ0) is 16.4. The van der Waals surface area contributed by atoms with Crippen LogP contribution in [0.4, 0.5) is 0 Å². The zero-order valence-electron chi connectivity index (χ0n) is 13.8. The van der Waals surface area contributed by atoms with Crippen molar-refractivity contribution >= 4 is 12.1 Å². The molecule has 0 saturated heterocycles. The van der Waals surface area contributed by atoms with Crippen LogP contribution in [0.25, 0.3) is 0 Å². The Hall–Kier alpha value is -1.68. The maximum Gasteiger partial charge on any atom is 0.0999 e. The molecule has 5 heteroatoms. The Bertz CT molecular complexity index is 641. The second kappa shape index (κ2) is 7.26. The molecule has 23 heavy (non-hydrogen) atoms. The Balaban J connectivity index is 0.000000280. The molecule has 1 aliphatic heterocycles. The van der Waals surface area contributed by atoms with Crippen LogP contribution in [0.5, 0.6) is 0 Å². The van der Waals surface area contributed by atoms with Crippen molar-refractivity contribution in [2.75, 3.05) is 0 Å². The smallest absolute Gasteiger partial charge is 0.0999 e. The fourth-order valence-corrected chi connectivity index (χ4v) is 2.15. The van der Waals surface area contributed by atoms with E-state index in [0.717, 1.165) is 17.4 Å². The van der Waals surface area contributed by atoms with Crippen LogP contribution >= 0.6 is 0 Å². The molecule has 3 rings (SSSR count). The van der Waals surface area contributed by atoms with Gasteiger partial charge in [0, 0.05) is 17.1 Å². The number of nitrogens with zero attached hydrogens (tertiary/aromatic N) is 2. The van der Waals surface area contributed by atoms with Crippen LogP contribution < -0.4 is 0 Å². The van der Waals surface area contributed by atoms with Crippen molar-refractivity contribution < 1.29 is 27.1 Å². The molecule has 4 nitrogen and oxygen atoms in total. The Morgan fingerprint density at radius 3 is 1.87 bits per heavy atom. The van der Waals surface area contributed by atoms with Crippen LogP contribution in [0.2, 0.25) is 0 Å². The molecule has 2 aromatic carbocycles. The van der Waals surface area contributed by atoms with E-state index < -0.39 is 0 Å². The molecule has 0 aliphatic carbocycles. The maximum atomic E-state index is 10.1. The topological polar surface area (TPSA) is 52.9 Å². The van der Waals surface area contributed by atoms with E-state index in [1.807, 2.05) is 64.1 Å². The molecule has 0 bridgehead atoms. The van der Waals surface area contributed by atoms with E-state index >= 15 is 0 Å². The van der Waals surface area contributed by atoms with Gasteiger partial charge in [-0.15, -0.1) is 0 Å². The summed E-state index contributed by atoms with van der Waals surface area (Å²) in [7, 11) is 0. The third-order valence-corrected chi connectivity index (χ3v) is 4.36. The molecule has 0 saturated carbocycles. The molecule has 126 valence electrons. The van der Waals surface area contributed by atoms with Gasteiger partial charge < -0.3 is 4.79 Å². The SMILES string of the molecule is CC1(C)N=C([c-]2cccc2)N(O)C1(C)C.O=C[c-]1cccc1.[Fe]. The van der Waals surface area contributed by atoms with Crippen molar-refractivity contribution in [3.63, 3.8) is 0 Å². The molecule has 1 heterocycles. The van der Waals surface area contributed by atoms with Gasteiger partial charge in [0.1, 0.15) is 0 Å². The number of hydrogen-bond acceptors (Lipinski definition) is 4. The van der Waals surface area contributed by atoms with Gasteiger partial charge >= 0.3 is 0 Å². The predicted octanol–water partition coefficient (Wildman–Crippen LogP) is 3.63. The van der Waals surface area contributed by atoms with Gasteiger partial charge in [0.2, 0.25) is 0 Å². The van der Waals surface area contributed by atoms with E-state index in [4.69, 9.17) is 0 Å². The third-order valence-electron chi connectivity index (χ3n) is 4.36. The second-order valence-corrected chi connectivity index (χ2v) is 6.37. The van der Waals surface area contributed by atoms with Crippen LogP contribution in [0.3, 0.4) is 0 Å². The number of carbonyl (C=O) groups excluding carboxylic acids is 1. The number of amidine groups is 1. The average Bonchev–Trinajstić information content (AvgIpc) is 3.18. The summed E-state index contributed by atoms with van der Waals surface area (Å²) in [6.07, 6.45) is 0.833. The normalized spacial score (nSPS) is 17.6. The van der Waals surface area contributed by atoms with Crippen molar-refractivity contribution in [2.45, 2.75) is 38.8 Å². The quantitative estimate of drug-likeness (QED) is 0.509. The van der Waals surface area contributed by atoms with Crippen LogP contribution in [0.15, 0.2) is 53.5 Å². The fraction of sp³-hybridized carbons (Fsp3) is 0.333. The summed E-state index contributed by atoms with van der Waals surface area (Å²) in [6.45, 7) is 8.05. The standard InChI is InChI=1S/C12H17N2O.C6H5O.Fe/c1-11(2)12(3,4)14(15)10(13-11)9-7-5-6-8-9;7-5-6-3-1-2-4-6;/h5-8,15H,1-4H3;1-5H;/q2*-1;. The molecule has 0 atom stereocenters. The third kappa shape index (κ3) is 3.81. The average molecular weight is 354 g/mol. The molecule has 0 fully saturated rings. The summed E-state index contributed by atoms with van der Waals surface area (Å²) < 4.78 is 0. The van der Waals surface area contributed by atoms with Crippen molar-refractivity contribution in [2.24, 2.45) is 4.99 Å². The summed E-state index contributed by atoms with van der Waals surface area (Å²) in [5.74, 6) is 0.662. The van der Waals surface area contributed by atoms with E-state index in [0.29, 0.717) is 5.84 Å². The van der Waals surface area contributed by atoms with Crippen molar-refractivity contribution in [1.29, 1.82) is 0 Å². The van der Waals surface area contributed by atoms with Crippen LogP contribution in [0.1, 0.15) is 43.6 Å². The van der Waals surface area contributed by atoms with Gasteiger partial charge in [-0.2, -0.15) is 24.3 Å². The molecule has 1 N–H and O–H groups in total. The van der Waals surface area contributed by atoms with E-state index in [1.165, 1.54) is 5.06 Å². The van der Waals surface area contributed by atoms with Gasteiger partial charge in [-0.25, -0.2) is 29.3 Å². The predicted molar refractivity (Wildman–Crippen MR) is 87.8 cm³/mol.